The number of likely N-dealkylation sites (tertiary alicyclic amines) is 1. The third kappa shape index (κ3) is 5.14. The number of H-pyrrole nitrogens is 1. The number of nitrogens with one attached hydrogen (secondary N) is 1. The Morgan fingerprint density at radius 2 is 1.80 bits per heavy atom. The highest BCUT2D eigenvalue weighted by Gasteiger charge is 2.38. The van der Waals surface area contributed by atoms with E-state index in [1.165, 1.54) is 29.8 Å². The Labute approximate surface area is 210 Å². The first-order chi connectivity index (χ1) is 16.7. The summed E-state index contributed by atoms with van der Waals surface area (Å²) in [6.45, 7) is 0.709. The van der Waals surface area contributed by atoms with Gasteiger partial charge in [0.25, 0.3) is 0 Å². The normalized spacial score (nSPS) is 20.3. The van der Waals surface area contributed by atoms with Gasteiger partial charge in [-0.15, -0.1) is 13.2 Å². The number of ether oxygens (including phenoxy) is 1. The van der Waals surface area contributed by atoms with Crippen molar-refractivity contribution in [2.45, 2.75) is 44.5 Å². The lowest BCUT2D eigenvalue weighted by Crippen LogP contribution is -2.41. The van der Waals surface area contributed by atoms with Gasteiger partial charge in [0.15, 0.2) is 0 Å². The number of alkyl halides is 3. The number of hydrogen-bond acceptors (Lipinski definition) is 3. The first-order valence-corrected chi connectivity index (χ1v) is 12.1. The predicted octanol–water partition coefficient (Wildman–Crippen LogP) is 6.23. The second-order valence-corrected chi connectivity index (χ2v) is 9.78. The maximum Gasteiger partial charge on any atom is 0.573 e. The fraction of sp³-hybridized carbons (Fsp3) is 0.360. The van der Waals surface area contributed by atoms with Gasteiger partial charge < -0.3 is 9.64 Å². The minimum atomic E-state index is -4.75. The molecule has 1 aromatic heterocycles. The van der Waals surface area contributed by atoms with Gasteiger partial charge in [-0.2, -0.15) is 5.10 Å². The Morgan fingerprint density at radius 1 is 1.09 bits per heavy atom. The Hall–Kier alpha value is -2.71. The molecule has 2 unspecified atom stereocenters. The molecule has 1 aliphatic carbocycles. The predicted molar refractivity (Wildman–Crippen MR) is 127 cm³/mol. The zero-order chi connectivity index (χ0) is 24.7. The monoisotopic (exact) mass is 523 g/mol. The van der Waals surface area contributed by atoms with Gasteiger partial charge in [0, 0.05) is 34.7 Å². The highest BCUT2D eigenvalue weighted by molar-refractivity contribution is 6.36. The SMILES string of the molecule is O=C1C(Cc2c(Cl)cc(-c3ccc(OC(F)(F)F)cc3)cc2Cl)CCN1C1CCc2n[nH]cc2C1. The van der Waals surface area contributed by atoms with Crippen LogP contribution in [0.4, 0.5) is 13.2 Å². The minimum Gasteiger partial charge on any atom is -0.406 e. The van der Waals surface area contributed by atoms with Crippen LogP contribution in [0.5, 0.6) is 5.75 Å². The van der Waals surface area contributed by atoms with E-state index in [0.717, 1.165) is 31.4 Å². The summed E-state index contributed by atoms with van der Waals surface area (Å²) in [5, 5.41) is 8.03. The summed E-state index contributed by atoms with van der Waals surface area (Å²) in [5.41, 5.74) is 4.28. The van der Waals surface area contributed by atoms with Crippen molar-refractivity contribution >= 4 is 29.1 Å². The summed E-state index contributed by atoms with van der Waals surface area (Å²) in [4.78, 5) is 15.2. The van der Waals surface area contributed by atoms with Crippen molar-refractivity contribution in [1.82, 2.24) is 15.1 Å². The number of aromatic nitrogens is 2. The molecule has 10 heteroatoms. The maximum absolute atomic E-state index is 13.2. The summed E-state index contributed by atoms with van der Waals surface area (Å²) in [6, 6.07) is 9.12. The van der Waals surface area contributed by atoms with Crippen molar-refractivity contribution in [2.24, 2.45) is 5.92 Å². The van der Waals surface area contributed by atoms with Crippen molar-refractivity contribution in [3.63, 3.8) is 0 Å². The Kier molecular flexibility index (Phi) is 6.44. The number of benzene rings is 2. The van der Waals surface area contributed by atoms with E-state index in [-0.39, 0.29) is 23.6 Å². The zero-order valence-corrected chi connectivity index (χ0v) is 20.1. The Morgan fingerprint density at radius 3 is 2.49 bits per heavy atom. The second kappa shape index (κ2) is 9.39. The largest absolute Gasteiger partial charge is 0.573 e. The number of fused-ring (bicyclic) bond motifs is 1. The average molecular weight is 524 g/mol. The molecule has 5 nitrogen and oxygen atoms in total. The number of carbonyl (C=O) groups is 1. The van der Waals surface area contributed by atoms with Crippen LogP contribution in [0.25, 0.3) is 11.1 Å². The van der Waals surface area contributed by atoms with E-state index >= 15 is 0 Å². The molecule has 1 fully saturated rings. The third-order valence-corrected chi connectivity index (χ3v) is 7.46. The van der Waals surface area contributed by atoms with E-state index in [1.807, 2.05) is 11.1 Å². The van der Waals surface area contributed by atoms with Gasteiger partial charge in [-0.1, -0.05) is 35.3 Å². The maximum atomic E-state index is 13.2. The number of amides is 1. The van der Waals surface area contributed by atoms with Gasteiger partial charge in [-0.05, 0) is 78.6 Å². The number of aryl methyl sites for hydroxylation is 1. The van der Waals surface area contributed by atoms with Crippen LogP contribution < -0.4 is 4.74 Å². The van der Waals surface area contributed by atoms with Crippen molar-refractivity contribution in [3.8, 4) is 16.9 Å². The Bertz CT molecular complexity index is 1220. The molecule has 0 radical (unpaired) electrons. The molecular formula is C25H22Cl2F3N3O2. The van der Waals surface area contributed by atoms with Gasteiger partial charge >= 0.3 is 6.36 Å². The lowest BCUT2D eigenvalue weighted by molar-refractivity contribution is -0.274. The van der Waals surface area contributed by atoms with Crippen molar-refractivity contribution in [1.29, 1.82) is 0 Å². The quantitative estimate of drug-likeness (QED) is 0.431. The molecule has 2 aliphatic rings. The number of hydrogen-bond donors (Lipinski definition) is 1. The fourth-order valence-electron chi connectivity index (χ4n) is 5.04. The molecule has 2 heterocycles. The summed E-state index contributed by atoms with van der Waals surface area (Å²) in [5.74, 6) is -0.375. The summed E-state index contributed by atoms with van der Waals surface area (Å²) < 4.78 is 41.1. The zero-order valence-electron chi connectivity index (χ0n) is 18.5. The van der Waals surface area contributed by atoms with E-state index in [2.05, 4.69) is 14.9 Å². The van der Waals surface area contributed by atoms with Gasteiger partial charge in [-0.25, -0.2) is 0 Å². The molecular weight excluding hydrogens is 502 g/mol. The Balaban J connectivity index is 1.28. The second-order valence-electron chi connectivity index (χ2n) is 8.97. The molecule has 1 saturated heterocycles. The molecule has 1 amide bonds. The fourth-order valence-corrected chi connectivity index (χ4v) is 5.68. The third-order valence-electron chi connectivity index (χ3n) is 6.78. The number of carbonyl (C=O) groups excluding carboxylic acids is 1. The van der Waals surface area contributed by atoms with Gasteiger partial charge in [0.05, 0.1) is 5.69 Å². The number of aromatic amines is 1. The van der Waals surface area contributed by atoms with E-state index < -0.39 is 6.36 Å². The van der Waals surface area contributed by atoms with Crippen LogP contribution >= 0.6 is 23.2 Å². The lowest BCUT2D eigenvalue weighted by Gasteiger charge is -2.31. The molecule has 2 atom stereocenters. The first kappa shape index (κ1) is 24.0. The topological polar surface area (TPSA) is 58.2 Å². The molecule has 0 bridgehead atoms. The summed E-state index contributed by atoms with van der Waals surface area (Å²) in [7, 11) is 0. The van der Waals surface area contributed by atoms with Crippen LogP contribution in [-0.2, 0) is 24.1 Å². The smallest absolute Gasteiger partial charge is 0.406 e. The number of nitrogens with zero attached hydrogens (tertiary/aromatic N) is 2. The van der Waals surface area contributed by atoms with Gasteiger partial charge in [-0.3, -0.25) is 9.89 Å². The lowest BCUT2D eigenvalue weighted by atomic mass is 9.92. The van der Waals surface area contributed by atoms with Crippen molar-refractivity contribution in [3.05, 3.63) is 69.5 Å². The van der Waals surface area contributed by atoms with E-state index in [4.69, 9.17) is 23.2 Å². The molecule has 1 N–H and O–H groups in total. The standard InChI is InChI=1S/C25H22Cl2F3N3O2/c26-21-11-16(14-1-4-19(5-2-14)35-25(28,29)30)12-22(27)20(21)10-15-7-8-33(24(15)34)18-3-6-23-17(9-18)13-31-32-23/h1-2,4-5,11-13,15,18H,3,6-10H2,(H,31,32). The summed E-state index contributed by atoms with van der Waals surface area (Å²) >= 11 is 13.1. The van der Waals surface area contributed by atoms with Gasteiger partial charge in [0.2, 0.25) is 5.91 Å². The number of halogens is 5. The van der Waals surface area contributed by atoms with E-state index in [0.29, 0.717) is 39.7 Å². The van der Waals surface area contributed by atoms with Crippen LogP contribution in [-0.4, -0.2) is 40.0 Å². The average Bonchev–Trinajstić information content (AvgIpc) is 3.41. The molecule has 184 valence electrons. The minimum absolute atomic E-state index is 0.124. The van der Waals surface area contributed by atoms with Crippen molar-refractivity contribution in [2.75, 3.05) is 6.54 Å². The molecule has 0 spiro atoms. The highest BCUT2D eigenvalue weighted by Crippen LogP contribution is 2.37. The molecule has 3 aromatic rings. The van der Waals surface area contributed by atoms with E-state index in [9.17, 15) is 18.0 Å². The number of rotatable bonds is 5. The van der Waals surface area contributed by atoms with Crippen LogP contribution in [0.1, 0.15) is 29.7 Å². The molecule has 1 aliphatic heterocycles. The molecule has 5 rings (SSSR count). The van der Waals surface area contributed by atoms with Crippen LogP contribution in [0.2, 0.25) is 10.0 Å². The molecule has 2 aromatic carbocycles. The van der Waals surface area contributed by atoms with E-state index in [1.54, 1.807) is 12.1 Å². The van der Waals surface area contributed by atoms with Crippen LogP contribution in [0.15, 0.2) is 42.6 Å². The first-order valence-electron chi connectivity index (χ1n) is 11.3. The van der Waals surface area contributed by atoms with Gasteiger partial charge in [0.1, 0.15) is 5.75 Å². The van der Waals surface area contributed by atoms with Crippen LogP contribution in [0.3, 0.4) is 0 Å². The highest BCUT2D eigenvalue weighted by atomic mass is 35.5. The van der Waals surface area contributed by atoms with Crippen molar-refractivity contribution < 1.29 is 22.7 Å². The molecule has 35 heavy (non-hydrogen) atoms. The molecule has 0 saturated carbocycles. The van der Waals surface area contributed by atoms with Crippen LogP contribution in [0, 0.1) is 5.92 Å². The summed E-state index contributed by atoms with van der Waals surface area (Å²) in [6.07, 6.45) is 0.921.